The van der Waals surface area contributed by atoms with Crippen molar-refractivity contribution in [2.24, 2.45) is 0 Å². The number of ether oxygens (including phenoxy) is 1. The van der Waals surface area contributed by atoms with Gasteiger partial charge in [0.15, 0.2) is 0 Å². The average Bonchev–Trinajstić information content (AvgIpc) is 3.19. The van der Waals surface area contributed by atoms with Crippen LogP contribution < -0.4 is 9.46 Å². The lowest BCUT2D eigenvalue weighted by molar-refractivity contribution is -0.155. The molecule has 0 atom stereocenters. The maximum absolute atomic E-state index is 13.1. The summed E-state index contributed by atoms with van der Waals surface area (Å²) in [7, 11) is -2.75. The number of anilines is 1. The van der Waals surface area contributed by atoms with E-state index in [0.29, 0.717) is 21.6 Å². The van der Waals surface area contributed by atoms with E-state index < -0.39 is 22.0 Å². The lowest BCUT2D eigenvalue weighted by atomic mass is 10.1. The van der Waals surface area contributed by atoms with Crippen LogP contribution in [0.2, 0.25) is 0 Å². The Morgan fingerprint density at radius 1 is 1.18 bits per heavy atom. The monoisotopic (exact) mass is 432 g/mol. The molecule has 0 spiro atoms. The van der Waals surface area contributed by atoms with E-state index >= 15 is 0 Å². The van der Waals surface area contributed by atoms with Crippen molar-refractivity contribution >= 4 is 27.0 Å². The summed E-state index contributed by atoms with van der Waals surface area (Å²) in [5.74, 6) is -0.996. The van der Waals surface area contributed by atoms with Crippen LogP contribution in [0.4, 0.5) is 18.9 Å². The summed E-state index contributed by atoms with van der Waals surface area (Å²) in [6, 6.07) is 7.09. The first-order chi connectivity index (χ1) is 13.0. The van der Waals surface area contributed by atoms with Crippen LogP contribution in [0.15, 0.2) is 39.8 Å². The van der Waals surface area contributed by atoms with E-state index in [0.717, 1.165) is 11.3 Å². The zero-order valence-corrected chi connectivity index (χ0v) is 16.6. The van der Waals surface area contributed by atoms with E-state index in [4.69, 9.17) is 4.74 Å². The number of hydrogen-bond donors (Lipinski definition) is 1. The van der Waals surface area contributed by atoms with E-state index in [1.807, 2.05) is 0 Å². The number of alkyl halides is 3. The van der Waals surface area contributed by atoms with Gasteiger partial charge >= 0.3 is 6.18 Å². The minimum atomic E-state index is -4.72. The number of halogens is 3. The molecule has 1 N–H and O–H groups in total. The highest BCUT2D eigenvalue weighted by atomic mass is 32.2. The van der Waals surface area contributed by atoms with E-state index in [1.165, 1.54) is 13.2 Å². The molecular weight excluding hydrogens is 417 g/mol. The van der Waals surface area contributed by atoms with Gasteiger partial charge in [-0.15, -0.1) is 11.3 Å². The molecule has 28 heavy (non-hydrogen) atoms. The third-order valence-electron chi connectivity index (χ3n) is 3.87. The van der Waals surface area contributed by atoms with Crippen molar-refractivity contribution in [2.45, 2.75) is 24.9 Å². The number of rotatable bonds is 5. The SMILES string of the molecule is COc1ccccc1NS(=O)(=O)c1c(C)sc(C)c1-c1cc(C(F)(F)F)on1. The first-order valence-corrected chi connectivity index (χ1v) is 10.1. The van der Waals surface area contributed by atoms with Crippen molar-refractivity contribution in [3.63, 3.8) is 0 Å². The van der Waals surface area contributed by atoms with E-state index in [9.17, 15) is 21.6 Å². The summed E-state index contributed by atoms with van der Waals surface area (Å²) in [5, 5.41) is 3.44. The number of thiophene rings is 1. The van der Waals surface area contributed by atoms with Gasteiger partial charge in [0, 0.05) is 21.4 Å². The number of sulfonamides is 1. The van der Waals surface area contributed by atoms with Crippen molar-refractivity contribution in [1.82, 2.24) is 5.16 Å². The number of aromatic nitrogens is 1. The smallest absolute Gasteiger partial charge is 0.452 e. The van der Waals surface area contributed by atoms with Gasteiger partial charge in [-0.05, 0) is 26.0 Å². The average molecular weight is 432 g/mol. The largest absolute Gasteiger partial charge is 0.495 e. The first kappa shape index (κ1) is 20.2. The second kappa shape index (κ2) is 7.13. The molecule has 0 bridgehead atoms. The molecule has 0 unspecified atom stereocenters. The summed E-state index contributed by atoms with van der Waals surface area (Å²) >= 11 is 1.14. The summed E-state index contributed by atoms with van der Waals surface area (Å²) in [5.41, 5.74) is 0.0778. The molecule has 11 heteroatoms. The number of para-hydroxylation sites is 2. The molecule has 6 nitrogen and oxygen atoms in total. The van der Waals surface area contributed by atoms with Crippen LogP contribution in [0.1, 0.15) is 15.5 Å². The molecule has 0 aliphatic heterocycles. The number of nitrogens with one attached hydrogen (secondary N) is 1. The third-order valence-corrected chi connectivity index (χ3v) is 6.56. The fraction of sp³-hybridized carbons (Fsp3) is 0.235. The molecule has 0 saturated carbocycles. The quantitative estimate of drug-likeness (QED) is 0.623. The Labute approximate surface area is 163 Å². The van der Waals surface area contributed by atoms with Gasteiger partial charge in [-0.3, -0.25) is 4.72 Å². The van der Waals surface area contributed by atoms with E-state index in [1.54, 1.807) is 32.0 Å². The third kappa shape index (κ3) is 3.72. The van der Waals surface area contributed by atoms with Crippen molar-refractivity contribution in [1.29, 1.82) is 0 Å². The Balaban J connectivity index is 2.11. The second-order valence-electron chi connectivity index (χ2n) is 5.80. The molecular formula is C17H15F3N2O4S2. The van der Waals surface area contributed by atoms with Gasteiger partial charge in [-0.2, -0.15) is 13.2 Å². The van der Waals surface area contributed by atoms with Gasteiger partial charge in [-0.1, -0.05) is 17.3 Å². The molecule has 0 aliphatic rings. The molecule has 1 aromatic carbocycles. The van der Waals surface area contributed by atoms with E-state index in [2.05, 4.69) is 14.4 Å². The van der Waals surface area contributed by atoms with Crippen molar-refractivity contribution in [2.75, 3.05) is 11.8 Å². The second-order valence-corrected chi connectivity index (χ2v) is 8.85. The van der Waals surface area contributed by atoms with Crippen molar-refractivity contribution in [3.05, 3.63) is 45.8 Å². The minimum absolute atomic E-state index is 0.0733. The van der Waals surface area contributed by atoms with Crippen molar-refractivity contribution in [3.8, 4) is 17.0 Å². The number of hydrogen-bond acceptors (Lipinski definition) is 6. The summed E-state index contributed by atoms with van der Waals surface area (Å²) in [6.07, 6.45) is -4.72. The highest BCUT2D eigenvalue weighted by molar-refractivity contribution is 7.93. The van der Waals surface area contributed by atoms with Crippen LogP contribution in [-0.2, 0) is 16.2 Å². The van der Waals surface area contributed by atoms with Crippen LogP contribution >= 0.6 is 11.3 Å². The highest BCUT2D eigenvalue weighted by Gasteiger charge is 2.37. The number of methoxy groups -OCH3 is 1. The molecule has 0 fully saturated rings. The lowest BCUT2D eigenvalue weighted by Crippen LogP contribution is -2.15. The molecule has 3 rings (SSSR count). The minimum Gasteiger partial charge on any atom is -0.495 e. The van der Waals surface area contributed by atoms with Crippen LogP contribution in [-0.4, -0.2) is 20.7 Å². The Hall–Kier alpha value is -2.53. The molecule has 2 aromatic heterocycles. The normalized spacial score (nSPS) is 12.2. The summed E-state index contributed by atoms with van der Waals surface area (Å²) in [4.78, 5) is 0.759. The van der Waals surface area contributed by atoms with Crippen LogP contribution in [0.25, 0.3) is 11.3 Å². The number of aryl methyl sites for hydroxylation is 2. The van der Waals surface area contributed by atoms with Crippen LogP contribution in [0.5, 0.6) is 5.75 Å². The first-order valence-electron chi connectivity index (χ1n) is 7.84. The standard InChI is InChI=1S/C17H15F3N2O4S2/c1-9-15(12-8-14(26-21-12)17(18,19)20)16(10(2)27-9)28(23,24)22-11-6-4-5-7-13(11)25-3/h4-8,22H,1-3H3. The Morgan fingerprint density at radius 3 is 2.46 bits per heavy atom. The zero-order chi connectivity index (χ0) is 20.7. The van der Waals surface area contributed by atoms with Gasteiger partial charge < -0.3 is 9.26 Å². The molecule has 3 aromatic rings. The van der Waals surface area contributed by atoms with Gasteiger partial charge in [0.05, 0.1) is 12.8 Å². The van der Waals surface area contributed by atoms with Gasteiger partial charge in [0.1, 0.15) is 16.3 Å². The summed E-state index contributed by atoms with van der Waals surface area (Å²) < 4.78 is 76.6. The zero-order valence-electron chi connectivity index (χ0n) is 14.9. The summed E-state index contributed by atoms with van der Waals surface area (Å²) in [6.45, 7) is 3.18. The Bertz CT molecular complexity index is 1120. The van der Waals surface area contributed by atoms with Crippen LogP contribution in [0.3, 0.4) is 0 Å². The molecule has 0 aliphatic carbocycles. The van der Waals surface area contributed by atoms with Gasteiger partial charge in [0.25, 0.3) is 10.0 Å². The predicted octanol–water partition coefficient (Wildman–Crippen LogP) is 4.85. The van der Waals surface area contributed by atoms with Crippen LogP contribution in [0, 0.1) is 13.8 Å². The molecule has 0 amide bonds. The Kier molecular flexibility index (Phi) is 5.15. The van der Waals surface area contributed by atoms with Crippen molar-refractivity contribution < 1.29 is 30.8 Å². The van der Waals surface area contributed by atoms with Gasteiger partial charge in [0.2, 0.25) is 5.76 Å². The fourth-order valence-corrected chi connectivity index (χ4v) is 5.68. The van der Waals surface area contributed by atoms with E-state index in [-0.39, 0.29) is 21.8 Å². The lowest BCUT2D eigenvalue weighted by Gasteiger charge is -2.12. The molecule has 2 heterocycles. The molecule has 0 saturated heterocycles. The topological polar surface area (TPSA) is 81.4 Å². The number of benzene rings is 1. The number of nitrogens with zero attached hydrogens (tertiary/aromatic N) is 1. The molecule has 0 radical (unpaired) electrons. The highest BCUT2D eigenvalue weighted by Crippen LogP contribution is 2.41. The fourth-order valence-electron chi connectivity index (χ4n) is 2.73. The maximum atomic E-state index is 13.1. The maximum Gasteiger partial charge on any atom is 0.452 e. The molecule has 150 valence electrons. The predicted molar refractivity (Wildman–Crippen MR) is 98.1 cm³/mol. The Morgan fingerprint density at radius 2 is 1.86 bits per heavy atom. The van der Waals surface area contributed by atoms with Gasteiger partial charge in [-0.25, -0.2) is 8.42 Å².